The van der Waals surface area contributed by atoms with E-state index in [2.05, 4.69) is 0 Å². The highest BCUT2D eigenvalue weighted by molar-refractivity contribution is 6.01. The van der Waals surface area contributed by atoms with Crippen LogP contribution in [-0.2, 0) is 14.4 Å². The third-order valence-electron chi connectivity index (χ3n) is 12.5. The number of benzene rings is 8. The Labute approximate surface area is 389 Å². The van der Waals surface area contributed by atoms with Crippen molar-refractivity contribution < 1.29 is 54.1 Å². The molecule has 0 saturated carbocycles. The lowest BCUT2D eigenvalue weighted by Crippen LogP contribution is -2.28. The summed E-state index contributed by atoms with van der Waals surface area (Å²) in [6.45, 7) is 17.0. The molecule has 0 aromatic heterocycles. The molecule has 0 aliphatic carbocycles. The average molecular weight is 907 g/mol. The van der Waals surface area contributed by atoms with Crippen LogP contribution in [0.5, 0.6) is 46.0 Å². The van der Waals surface area contributed by atoms with Crippen molar-refractivity contribution in [2.75, 3.05) is 0 Å². The Balaban J connectivity index is 0.000000167. The molecule has 0 unspecified atom stereocenters. The number of aromatic hydroxyl groups is 5. The van der Waals surface area contributed by atoms with E-state index in [1.807, 2.05) is 117 Å². The Morgan fingerprint density at radius 3 is 0.910 bits per heavy atom. The monoisotopic (exact) mass is 906 g/mol. The number of hydrogen-bond acceptors (Lipinski definition) is 11. The summed E-state index contributed by atoms with van der Waals surface area (Å²) in [5.74, 6) is 0.296. The Morgan fingerprint density at radius 1 is 0.343 bits per heavy atom. The highest BCUT2D eigenvalue weighted by atomic mass is 16.5. The molecule has 0 amide bonds. The van der Waals surface area contributed by atoms with E-state index in [0.717, 1.165) is 54.9 Å². The molecule has 0 radical (unpaired) electrons. The van der Waals surface area contributed by atoms with E-state index >= 15 is 0 Å². The molecule has 0 bridgehead atoms. The molecule has 8 rings (SSSR count). The molecule has 11 heteroatoms. The van der Waals surface area contributed by atoms with Crippen molar-refractivity contribution in [3.63, 3.8) is 0 Å². The lowest BCUT2D eigenvalue weighted by atomic mass is 9.91. The van der Waals surface area contributed by atoms with Gasteiger partial charge in [0.2, 0.25) is 0 Å². The third-order valence-corrected chi connectivity index (χ3v) is 12.5. The molecule has 0 saturated heterocycles. The van der Waals surface area contributed by atoms with Gasteiger partial charge in [0.15, 0.2) is 23.0 Å². The molecule has 0 spiro atoms. The topological polar surface area (TPSA) is 180 Å². The van der Waals surface area contributed by atoms with E-state index < -0.39 is 16.2 Å². The molecular formula is C56H58O11. The normalized spacial score (nSPS) is 11.7. The van der Waals surface area contributed by atoms with Gasteiger partial charge in [0.25, 0.3) is 0 Å². The van der Waals surface area contributed by atoms with Crippen LogP contribution in [0.1, 0.15) is 81.6 Å². The number of carbonyl (C=O) groups is 3. The molecule has 11 nitrogen and oxygen atoms in total. The van der Waals surface area contributed by atoms with Crippen LogP contribution in [0.4, 0.5) is 0 Å². The molecule has 67 heavy (non-hydrogen) atoms. The highest BCUT2D eigenvalue weighted by Crippen LogP contribution is 2.36. The summed E-state index contributed by atoms with van der Waals surface area (Å²) in [4.78, 5) is 36.4. The van der Waals surface area contributed by atoms with Gasteiger partial charge in [-0.25, -0.2) is 0 Å². The van der Waals surface area contributed by atoms with Gasteiger partial charge < -0.3 is 39.7 Å². The van der Waals surface area contributed by atoms with Crippen LogP contribution < -0.4 is 14.2 Å². The zero-order valence-corrected chi connectivity index (χ0v) is 39.4. The molecule has 0 aliphatic heterocycles. The summed E-state index contributed by atoms with van der Waals surface area (Å²) >= 11 is 0. The van der Waals surface area contributed by atoms with Crippen molar-refractivity contribution in [3.05, 3.63) is 121 Å². The van der Waals surface area contributed by atoms with E-state index in [1.54, 1.807) is 42.5 Å². The van der Waals surface area contributed by atoms with Crippen LogP contribution in [0, 0.1) is 16.2 Å². The van der Waals surface area contributed by atoms with Crippen molar-refractivity contribution in [1.82, 2.24) is 0 Å². The van der Waals surface area contributed by atoms with E-state index in [1.165, 1.54) is 24.3 Å². The average Bonchev–Trinajstić information content (AvgIpc) is 3.29. The number of phenolic OH excluding ortho intramolecular Hbond substituents is 5. The molecule has 348 valence electrons. The predicted octanol–water partition coefficient (Wildman–Crippen LogP) is 13.4. The smallest absolute Gasteiger partial charge is 0.316 e. The summed E-state index contributed by atoms with van der Waals surface area (Å²) in [7, 11) is 0. The molecule has 0 fully saturated rings. The molecule has 0 atom stereocenters. The number of rotatable bonds is 9. The fourth-order valence-corrected chi connectivity index (χ4v) is 6.58. The zero-order valence-electron chi connectivity index (χ0n) is 39.4. The van der Waals surface area contributed by atoms with Crippen molar-refractivity contribution in [1.29, 1.82) is 0 Å². The first-order valence-corrected chi connectivity index (χ1v) is 22.2. The summed E-state index contributed by atoms with van der Waals surface area (Å²) in [6, 6.07) is 35.2. The van der Waals surface area contributed by atoms with Crippen LogP contribution in [0.3, 0.4) is 0 Å². The lowest BCUT2D eigenvalue weighted by Gasteiger charge is -2.20. The second-order valence-electron chi connectivity index (χ2n) is 18.7. The first-order chi connectivity index (χ1) is 31.5. The Kier molecular flexibility index (Phi) is 14.2. The van der Waals surface area contributed by atoms with Crippen LogP contribution in [-0.4, -0.2) is 43.4 Å². The standard InChI is InChI=1S/C20H20O4.C20H20O3.C16H18O4/c1-4-20(2,3)19(23)24-16-6-5-12-7-14-10-17(21)18(22)11-15(14)8-13(12)9-16;1-4-20(2,3)19(22)23-18-8-6-14-9-15-11-17(21)7-5-13(15)10-16(14)12-18;1-4-16(2,3)15(19)20-12-6-5-10-8-13(17)14(18)9-11(10)7-12/h5-11,21-22H,4H2,1-3H3;5-12,21H,4H2,1-3H3;5-9,17-18H,4H2,1-3H3. The van der Waals surface area contributed by atoms with Gasteiger partial charge in [0.05, 0.1) is 16.2 Å². The van der Waals surface area contributed by atoms with Gasteiger partial charge in [0, 0.05) is 0 Å². The number of carbonyl (C=O) groups excluding carboxylic acids is 3. The van der Waals surface area contributed by atoms with Crippen LogP contribution >= 0.6 is 0 Å². The molecule has 8 aromatic rings. The molecule has 0 aliphatic rings. The van der Waals surface area contributed by atoms with Crippen molar-refractivity contribution in [2.24, 2.45) is 16.2 Å². The molecule has 8 aromatic carbocycles. The van der Waals surface area contributed by atoms with Crippen molar-refractivity contribution in [3.8, 4) is 46.0 Å². The predicted molar refractivity (Wildman–Crippen MR) is 264 cm³/mol. The second kappa shape index (κ2) is 19.5. The first-order valence-electron chi connectivity index (χ1n) is 22.2. The van der Waals surface area contributed by atoms with Crippen LogP contribution in [0.2, 0.25) is 0 Å². The van der Waals surface area contributed by atoms with Gasteiger partial charge in [-0.05, 0) is 212 Å². The minimum Gasteiger partial charge on any atom is -0.508 e. The fourth-order valence-electron chi connectivity index (χ4n) is 6.58. The quantitative estimate of drug-likeness (QED) is 0.0402. The molecule has 0 heterocycles. The SMILES string of the molecule is CCC(C)(C)C(=O)Oc1ccc2cc(O)c(O)cc2c1.CCC(C)(C)C(=O)Oc1ccc2cc3cc(O)c(O)cc3cc2c1.CCC(C)(C)C(=O)Oc1ccc2cc3cc(O)ccc3cc2c1. The number of esters is 3. The van der Waals surface area contributed by atoms with E-state index in [0.29, 0.717) is 35.5 Å². The number of fused-ring (bicyclic) bond motifs is 5. The van der Waals surface area contributed by atoms with E-state index in [-0.39, 0.29) is 46.7 Å². The van der Waals surface area contributed by atoms with Gasteiger partial charge in [0.1, 0.15) is 23.0 Å². The largest absolute Gasteiger partial charge is 0.508 e. The summed E-state index contributed by atoms with van der Waals surface area (Å²) in [6.07, 6.45) is 2.12. The van der Waals surface area contributed by atoms with Crippen molar-refractivity contribution in [2.45, 2.75) is 81.6 Å². The third kappa shape index (κ3) is 11.5. The van der Waals surface area contributed by atoms with E-state index in [4.69, 9.17) is 14.2 Å². The zero-order chi connectivity index (χ0) is 49.0. The van der Waals surface area contributed by atoms with Crippen molar-refractivity contribution >= 4 is 71.8 Å². The van der Waals surface area contributed by atoms with Crippen LogP contribution in [0.25, 0.3) is 53.9 Å². The minimum absolute atomic E-state index is 0.144. The Hall–Kier alpha value is -7.53. The molecular weight excluding hydrogens is 849 g/mol. The summed E-state index contributed by atoms with van der Waals surface area (Å²) in [5.41, 5.74) is -1.55. The maximum absolute atomic E-state index is 12.2. The summed E-state index contributed by atoms with van der Waals surface area (Å²) < 4.78 is 16.4. The first kappa shape index (κ1) is 48.9. The van der Waals surface area contributed by atoms with E-state index in [9.17, 15) is 39.9 Å². The van der Waals surface area contributed by atoms with Gasteiger partial charge in [-0.15, -0.1) is 0 Å². The number of ether oxygens (including phenoxy) is 3. The van der Waals surface area contributed by atoms with Crippen LogP contribution in [0.15, 0.2) is 121 Å². The highest BCUT2D eigenvalue weighted by Gasteiger charge is 2.29. The molecule has 5 N–H and O–H groups in total. The lowest BCUT2D eigenvalue weighted by molar-refractivity contribution is -0.144. The van der Waals surface area contributed by atoms with Gasteiger partial charge >= 0.3 is 17.9 Å². The Bertz CT molecular complexity index is 3160. The summed E-state index contributed by atoms with van der Waals surface area (Å²) in [5, 5.41) is 56.8. The minimum atomic E-state index is -0.536. The number of hydrogen-bond donors (Lipinski definition) is 5. The van der Waals surface area contributed by atoms with Gasteiger partial charge in [-0.1, -0.05) is 45.0 Å². The maximum atomic E-state index is 12.2. The Morgan fingerprint density at radius 2 is 0.582 bits per heavy atom. The fraction of sp³-hybridized carbons (Fsp3) is 0.268. The number of phenols is 5. The van der Waals surface area contributed by atoms with Gasteiger partial charge in [-0.2, -0.15) is 0 Å². The maximum Gasteiger partial charge on any atom is 0.316 e. The second-order valence-corrected chi connectivity index (χ2v) is 18.7. The van der Waals surface area contributed by atoms with Gasteiger partial charge in [-0.3, -0.25) is 14.4 Å².